The highest BCUT2D eigenvalue weighted by Gasteiger charge is 2.08. The average molecular weight is 325 g/mol. The van der Waals surface area contributed by atoms with Crippen molar-refractivity contribution < 1.29 is 19.1 Å². The summed E-state index contributed by atoms with van der Waals surface area (Å²) in [4.78, 5) is 34.6. The lowest BCUT2D eigenvalue weighted by Gasteiger charge is -2.07. The first kappa shape index (κ1) is 17.4. The number of ether oxygens (including phenoxy) is 1. The number of benzene rings is 2. The van der Waals surface area contributed by atoms with Crippen LogP contribution in [0.15, 0.2) is 48.5 Å². The van der Waals surface area contributed by atoms with E-state index in [1.54, 1.807) is 55.5 Å². The maximum Gasteiger partial charge on any atom is 0.224 e. The van der Waals surface area contributed by atoms with Crippen molar-refractivity contribution in [3.05, 3.63) is 59.7 Å². The number of hydrogen-bond acceptors (Lipinski definition) is 4. The number of Topliss-reactive ketones (excluding diaryl/α,β-unsaturated/α-hetero) is 2. The van der Waals surface area contributed by atoms with E-state index in [1.807, 2.05) is 0 Å². The second kappa shape index (κ2) is 8.06. The van der Waals surface area contributed by atoms with Gasteiger partial charge in [-0.3, -0.25) is 14.4 Å². The first-order valence-corrected chi connectivity index (χ1v) is 7.66. The van der Waals surface area contributed by atoms with Crippen LogP contribution >= 0.6 is 0 Å². The van der Waals surface area contributed by atoms with Gasteiger partial charge in [-0.05, 0) is 55.5 Å². The number of nitrogens with one attached hydrogen (secondary N) is 1. The molecule has 0 saturated carbocycles. The van der Waals surface area contributed by atoms with Gasteiger partial charge < -0.3 is 10.1 Å². The maximum atomic E-state index is 12.1. The van der Waals surface area contributed by atoms with Crippen molar-refractivity contribution in [2.45, 2.75) is 20.3 Å². The Morgan fingerprint density at radius 3 is 2.04 bits per heavy atom. The third kappa shape index (κ3) is 4.78. The molecule has 0 unspecified atom stereocenters. The highest BCUT2D eigenvalue weighted by Crippen LogP contribution is 2.14. The van der Waals surface area contributed by atoms with Gasteiger partial charge in [0.15, 0.2) is 18.2 Å². The zero-order valence-electron chi connectivity index (χ0n) is 13.7. The SMILES string of the molecule is CCC(=O)Nc1ccc(C(=O)COc2ccc(C(C)=O)cc2)cc1. The van der Waals surface area contributed by atoms with Crippen LogP contribution in [0.2, 0.25) is 0 Å². The number of amides is 1. The third-order valence-corrected chi connectivity index (χ3v) is 3.44. The van der Waals surface area contributed by atoms with Crippen molar-refractivity contribution in [3.63, 3.8) is 0 Å². The van der Waals surface area contributed by atoms with E-state index in [0.29, 0.717) is 29.0 Å². The number of carbonyl (C=O) groups is 3. The minimum atomic E-state index is -0.168. The molecule has 0 heterocycles. The summed E-state index contributed by atoms with van der Waals surface area (Å²) in [5.41, 5.74) is 1.75. The molecule has 24 heavy (non-hydrogen) atoms. The van der Waals surface area contributed by atoms with Gasteiger partial charge in [0.05, 0.1) is 0 Å². The average Bonchev–Trinajstić information content (AvgIpc) is 2.60. The van der Waals surface area contributed by atoms with Crippen LogP contribution in [0.25, 0.3) is 0 Å². The topological polar surface area (TPSA) is 72.5 Å². The van der Waals surface area contributed by atoms with Gasteiger partial charge in [-0.15, -0.1) is 0 Å². The molecule has 0 saturated heterocycles. The second-order valence-electron chi connectivity index (χ2n) is 5.27. The molecular formula is C19H19NO4. The van der Waals surface area contributed by atoms with Crippen LogP contribution in [0.5, 0.6) is 5.75 Å². The lowest BCUT2D eigenvalue weighted by atomic mass is 10.1. The standard InChI is InChI=1S/C19H19NO4/c1-3-19(23)20-16-8-4-15(5-9-16)18(22)12-24-17-10-6-14(7-11-17)13(2)21/h4-11H,3,12H2,1-2H3,(H,20,23). The Morgan fingerprint density at radius 2 is 1.50 bits per heavy atom. The minimum Gasteiger partial charge on any atom is -0.485 e. The molecule has 0 aliphatic carbocycles. The van der Waals surface area contributed by atoms with Gasteiger partial charge in [-0.1, -0.05) is 6.92 Å². The Morgan fingerprint density at radius 1 is 0.917 bits per heavy atom. The smallest absolute Gasteiger partial charge is 0.224 e. The van der Waals surface area contributed by atoms with Gasteiger partial charge in [0.25, 0.3) is 0 Å². The molecule has 1 amide bonds. The van der Waals surface area contributed by atoms with Crippen LogP contribution in [-0.4, -0.2) is 24.1 Å². The zero-order valence-corrected chi connectivity index (χ0v) is 13.7. The molecule has 0 aromatic heterocycles. The lowest BCUT2D eigenvalue weighted by molar-refractivity contribution is -0.115. The third-order valence-electron chi connectivity index (χ3n) is 3.44. The fraction of sp³-hybridized carbons (Fsp3) is 0.211. The van der Waals surface area contributed by atoms with E-state index in [9.17, 15) is 14.4 Å². The summed E-state index contributed by atoms with van der Waals surface area (Å²) < 4.78 is 5.44. The molecule has 0 aliphatic heterocycles. The number of carbonyl (C=O) groups excluding carboxylic acids is 3. The van der Waals surface area contributed by atoms with E-state index in [-0.39, 0.29) is 24.1 Å². The molecule has 5 heteroatoms. The van der Waals surface area contributed by atoms with Crippen molar-refractivity contribution in [1.29, 1.82) is 0 Å². The zero-order chi connectivity index (χ0) is 17.5. The molecule has 0 aliphatic rings. The second-order valence-corrected chi connectivity index (χ2v) is 5.27. The molecule has 5 nitrogen and oxygen atoms in total. The molecule has 2 rings (SSSR count). The van der Waals surface area contributed by atoms with Crippen LogP contribution in [0.4, 0.5) is 5.69 Å². The Hall–Kier alpha value is -2.95. The maximum absolute atomic E-state index is 12.1. The van der Waals surface area contributed by atoms with Crippen LogP contribution in [0.1, 0.15) is 41.0 Å². The predicted molar refractivity (Wildman–Crippen MR) is 91.6 cm³/mol. The molecule has 124 valence electrons. The summed E-state index contributed by atoms with van der Waals surface area (Å²) in [6.45, 7) is 3.17. The van der Waals surface area contributed by atoms with Gasteiger partial charge in [-0.2, -0.15) is 0 Å². The van der Waals surface area contributed by atoms with Crippen LogP contribution < -0.4 is 10.1 Å². The summed E-state index contributed by atoms with van der Waals surface area (Å²) in [5, 5.41) is 2.72. The fourth-order valence-electron chi connectivity index (χ4n) is 2.01. The number of anilines is 1. The predicted octanol–water partition coefficient (Wildman–Crippen LogP) is 3.50. The molecule has 0 atom stereocenters. The number of ketones is 2. The van der Waals surface area contributed by atoms with E-state index in [4.69, 9.17) is 4.74 Å². The first-order chi connectivity index (χ1) is 11.5. The van der Waals surface area contributed by atoms with Crippen LogP contribution in [0.3, 0.4) is 0 Å². The first-order valence-electron chi connectivity index (χ1n) is 7.66. The lowest BCUT2D eigenvalue weighted by Crippen LogP contribution is -2.12. The molecule has 0 radical (unpaired) electrons. The molecule has 2 aromatic rings. The van der Waals surface area contributed by atoms with Crippen molar-refractivity contribution >= 4 is 23.2 Å². The minimum absolute atomic E-state index is 0.0205. The van der Waals surface area contributed by atoms with E-state index < -0.39 is 0 Å². The van der Waals surface area contributed by atoms with Crippen LogP contribution in [0, 0.1) is 0 Å². The Balaban J connectivity index is 1.92. The van der Waals surface area contributed by atoms with Gasteiger partial charge in [0.2, 0.25) is 5.91 Å². The number of rotatable bonds is 7. The van der Waals surface area contributed by atoms with Crippen molar-refractivity contribution in [1.82, 2.24) is 0 Å². The van der Waals surface area contributed by atoms with Gasteiger partial charge >= 0.3 is 0 Å². The molecular weight excluding hydrogens is 306 g/mol. The Labute approximate surface area is 140 Å². The highest BCUT2D eigenvalue weighted by atomic mass is 16.5. The normalized spacial score (nSPS) is 10.1. The molecule has 0 spiro atoms. The summed E-state index contributed by atoms with van der Waals surface area (Å²) in [6.07, 6.45) is 0.400. The van der Waals surface area contributed by atoms with Crippen molar-refractivity contribution in [2.75, 3.05) is 11.9 Å². The van der Waals surface area contributed by atoms with Gasteiger partial charge in [0.1, 0.15) is 5.75 Å². The fourth-order valence-corrected chi connectivity index (χ4v) is 2.01. The Bertz CT molecular complexity index is 733. The van der Waals surface area contributed by atoms with Crippen LogP contribution in [-0.2, 0) is 4.79 Å². The summed E-state index contributed by atoms with van der Waals surface area (Å²) in [7, 11) is 0. The van der Waals surface area contributed by atoms with E-state index in [0.717, 1.165) is 0 Å². The Kier molecular flexibility index (Phi) is 5.84. The largest absolute Gasteiger partial charge is 0.485 e. The number of hydrogen-bond donors (Lipinski definition) is 1. The molecule has 0 fully saturated rings. The van der Waals surface area contributed by atoms with Gasteiger partial charge in [0, 0.05) is 23.2 Å². The summed E-state index contributed by atoms with van der Waals surface area (Å²) >= 11 is 0. The van der Waals surface area contributed by atoms with E-state index in [1.165, 1.54) is 6.92 Å². The highest BCUT2D eigenvalue weighted by molar-refractivity contribution is 5.98. The summed E-state index contributed by atoms with van der Waals surface area (Å²) in [5.74, 6) is 0.262. The molecule has 2 aromatic carbocycles. The monoisotopic (exact) mass is 325 g/mol. The van der Waals surface area contributed by atoms with Crippen molar-refractivity contribution in [2.24, 2.45) is 0 Å². The quantitative estimate of drug-likeness (QED) is 0.791. The molecule has 1 N–H and O–H groups in total. The van der Waals surface area contributed by atoms with Gasteiger partial charge in [-0.25, -0.2) is 0 Å². The molecule has 0 bridgehead atoms. The van der Waals surface area contributed by atoms with Crippen molar-refractivity contribution in [3.8, 4) is 5.75 Å². The van der Waals surface area contributed by atoms with E-state index in [2.05, 4.69) is 5.32 Å². The van der Waals surface area contributed by atoms with E-state index >= 15 is 0 Å². The summed E-state index contributed by atoms with van der Waals surface area (Å²) in [6, 6.07) is 13.3.